The highest BCUT2D eigenvalue weighted by molar-refractivity contribution is 5.84. The molecule has 4 N–H and O–H groups in total. The minimum Gasteiger partial charge on any atom is -0.480 e. The van der Waals surface area contributed by atoms with Gasteiger partial charge in [-0.25, -0.2) is 4.79 Å². The smallest absolute Gasteiger partial charge is 0.326 e. The first-order valence-electron chi connectivity index (χ1n) is 5.71. The van der Waals surface area contributed by atoms with Gasteiger partial charge in [0, 0.05) is 19.3 Å². The quantitative estimate of drug-likeness (QED) is 0.398. The van der Waals surface area contributed by atoms with Gasteiger partial charge in [0.05, 0.1) is 0 Å². The van der Waals surface area contributed by atoms with Crippen LogP contribution < -0.4 is 11.1 Å². The Hall–Kier alpha value is -2.03. The summed E-state index contributed by atoms with van der Waals surface area (Å²) in [6, 6.07) is -1.07. The number of carbonyl (C=O) groups excluding carboxylic acids is 2. The summed E-state index contributed by atoms with van der Waals surface area (Å²) in [4.78, 5) is 32.8. The third kappa shape index (κ3) is 8.16. The topological polar surface area (TPSA) is 109 Å². The number of nitrogens with one attached hydrogen (secondary N) is 1. The average molecular weight is 254 g/mol. The summed E-state index contributed by atoms with van der Waals surface area (Å²) in [6.45, 7) is 0. The standard InChI is InChI=1S/C12H18N2O4/c1-2-3-4-5-6-11(16)14-9(12(17)18)7-8-10(13)15/h1,9H,3-8H2,(H2,13,15)(H,14,16)(H,17,18). The van der Waals surface area contributed by atoms with Crippen LogP contribution in [0.1, 0.15) is 38.5 Å². The van der Waals surface area contributed by atoms with E-state index in [1.54, 1.807) is 0 Å². The number of primary amides is 1. The Labute approximate surface area is 106 Å². The highest BCUT2D eigenvalue weighted by Gasteiger charge is 2.19. The summed E-state index contributed by atoms with van der Waals surface area (Å²) in [5.74, 6) is 0.333. The van der Waals surface area contributed by atoms with E-state index in [2.05, 4.69) is 11.2 Å². The molecule has 100 valence electrons. The molecule has 0 saturated heterocycles. The maximum absolute atomic E-state index is 11.4. The van der Waals surface area contributed by atoms with E-state index in [-0.39, 0.29) is 25.2 Å². The van der Waals surface area contributed by atoms with Crippen LogP contribution in [0.5, 0.6) is 0 Å². The van der Waals surface area contributed by atoms with E-state index in [4.69, 9.17) is 17.3 Å². The fourth-order valence-corrected chi connectivity index (χ4v) is 1.32. The Bertz CT molecular complexity index is 346. The highest BCUT2D eigenvalue weighted by atomic mass is 16.4. The van der Waals surface area contributed by atoms with E-state index < -0.39 is 17.9 Å². The number of carbonyl (C=O) groups is 3. The Balaban J connectivity index is 4.00. The van der Waals surface area contributed by atoms with Crippen LogP contribution in [0.3, 0.4) is 0 Å². The molecule has 18 heavy (non-hydrogen) atoms. The predicted molar refractivity (Wildman–Crippen MR) is 65.3 cm³/mol. The SMILES string of the molecule is C#CCCCCC(=O)NC(CCC(N)=O)C(=O)O. The van der Waals surface area contributed by atoms with Gasteiger partial charge in [-0.3, -0.25) is 9.59 Å². The number of unbranched alkanes of at least 4 members (excludes halogenated alkanes) is 2. The summed E-state index contributed by atoms with van der Waals surface area (Å²) in [5, 5.41) is 11.2. The molecular formula is C12H18N2O4. The summed E-state index contributed by atoms with van der Waals surface area (Å²) in [5.41, 5.74) is 4.92. The molecule has 0 aliphatic carbocycles. The number of aliphatic carboxylic acids is 1. The van der Waals surface area contributed by atoms with Gasteiger partial charge in [-0.2, -0.15) is 0 Å². The molecule has 1 atom stereocenters. The van der Waals surface area contributed by atoms with Gasteiger partial charge in [0.25, 0.3) is 0 Å². The van der Waals surface area contributed by atoms with E-state index in [1.807, 2.05) is 0 Å². The molecule has 2 amide bonds. The molecule has 0 saturated carbocycles. The molecule has 6 nitrogen and oxygen atoms in total. The van der Waals surface area contributed by atoms with Crippen molar-refractivity contribution in [3.63, 3.8) is 0 Å². The van der Waals surface area contributed by atoms with Crippen molar-refractivity contribution in [3.8, 4) is 12.3 Å². The van der Waals surface area contributed by atoms with Gasteiger partial charge in [-0.1, -0.05) is 0 Å². The minimum absolute atomic E-state index is 0.000756. The zero-order chi connectivity index (χ0) is 14.0. The second kappa shape index (κ2) is 9.05. The van der Waals surface area contributed by atoms with E-state index in [0.717, 1.165) is 6.42 Å². The summed E-state index contributed by atoms with van der Waals surface area (Å²) < 4.78 is 0. The zero-order valence-corrected chi connectivity index (χ0v) is 10.1. The van der Waals surface area contributed by atoms with Crippen LogP contribution in [-0.4, -0.2) is 28.9 Å². The third-order valence-electron chi connectivity index (χ3n) is 2.29. The van der Waals surface area contributed by atoms with E-state index in [0.29, 0.717) is 12.8 Å². The number of hydrogen-bond donors (Lipinski definition) is 3. The van der Waals surface area contributed by atoms with E-state index in [1.165, 1.54) is 0 Å². The number of carboxylic acids is 1. The fourth-order valence-electron chi connectivity index (χ4n) is 1.32. The number of carboxylic acid groups (broad SMARTS) is 1. The largest absolute Gasteiger partial charge is 0.480 e. The molecule has 0 fully saturated rings. The van der Waals surface area contributed by atoms with E-state index in [9.17, 15) is 14.4 Å². The lowest BCUT2D eigenvalue weighted by atomic mass is 10.1. The van der Waals surface area contributed by atoms with Crippen molar-refractivity contribution in [2.45, 2.75) is 44.6 Å². The van der Waals surface area contributed by atoms with Crippen LogP contribution in [0.25, 0.3) is 0 Å². The molecule has 1 unspecified atom stereocenters. The van der Waals surface area contributed by atoms with Crippen molar-refractivity contribution in [2.75, 3.05) is 0 Å². The number of hydrogen-bond acceptors (Lipinski definition) is 3. The summed E-state index contributed by atoms with van der Waals surface area (Å²) >= 11 is 0. The van der Waals surface area contributed by atoms with Gasteiger partial charge >= 0.3 is 5.97 Å². The Kier molecular flexibility index (Phi) is 8.03. The molecule has 0 aromatic carbocycles. The first kappa shape index (κ1) is 16.0. The zero-order valence-electron chi connectivity index (χ0n) is 10.1. The van der Waals surface area contributed by atoms with Crippen molar-refractivity contribution >= 4 is 17.8 Å². The molecule has 0 radical (unpaired) electrons. The maximum Gasteiger partial charge on any atom is 0.326 e. The Morgan fingerprint density at radius 2 is 1.94 bits per heavy atom. The van der Waals surface area contributed by atoms with Crippen LogP contribution in [0.4, 0.5) is 0 Å². The van der Waals surface area contributed by atoms with Crippen LogP contribution in [-0.2, 0) is 14.4 Å². The number of amides is 2. The number of nitrogens with two attached hydrogens (primary N) is 1. The molecule has 0 aromatic rings. The molecule has 0 aliphatic heterocycles. The van der Waals surface area contributed by atoms with Gasteiger partial charge in [-0.15, -0.1) is 12.3 Å². The third-order valence-corrected chi connectivity index (χ3v) is 2.29. The van der Waals surface area contributed by atoms with Gasteiger partial charge in [-0.05, 0) is 19.3 Å². The molecule has 0 aliphatic rings. The van der Waals surface area contributed by atoms with Gasteiger partial charge in [0.15, 0.2) is 0 Å². The predicted octanol–water partition coefficient (Wildman–Crippen LogP) is 0.0149. The summed E-state index contributed by atoms with van der Waals surface area (Å²) in [6.07, 6.45) is 7.14. The summed E-state index contributed by atoms with van der Waals surface area (Å²) in [7, 11) is 0. The van der Waals surface area contributed by atoms with Crippen molar-refractivity contribution < 1.29 is 19.5 Å². The lowest BCUT2D eigenvalue weighted by Crippen LogP contribution is -2.41. The lowest BCUT2D eigenvalue weighted by Gasteiger charge is -2.13. The van der Waals surface area contributed by atoms with Crippen molar-refractivity contribution in [1.29, 1.82) is 0 Å². The lowest BCUT2D eigenvalue weighted by molar-refractivity contribution is -0.142. The molecule has 0 spiro atoms. The van der Waals surface area contributed by atoms with Gasteiger partial charge in [0.1, 0.15) is 6.04 Å². The highest BCUT2D eigenvalue weighted by Crippen LogP contribution is 2.02. The minimum atomic E-state index is -1.17. The average Bonchev–Trinajstić information content (AvgIpc) is 2.29. The molecule has 0 heterocycles. The van der Waals surface area contributed by atoms with Crippen LogP contribution in [0.2, 0.25) is 0 Å². The van der Waals surface area contributed by atoms with E-state index >= 15 is 0 Å². The molecule has 0 bridgehead atoms. The van der Waals surface area contributed by atoms with Crippen molar-refractivity contribution in [2.24, 2.45) is 5.73 Å². The van der Waals surface area contributed by atoms with Crippen LogP contribution >= 0.6 is 0 Å². The Morgan fingerprint density at radius 1 is 1.28 bits per heavy atom. The fraction of sp³-hybridized carbons (Fsp3) is 0.583. The van der Waals surface area contributed by atoms with Gasteiger partial charge in [0.2, 0.25) is 11.8 Å². The number of terminal acetylenes is 1. The van der Waals surface area contributed by atoms with Gasteiger partial charge < -0.3 is 16.2 Å². The Morgan fingerprint density at radius 3 is 2.44 bits per heavy atom. The van der Waals surface area contributed by atoms with Crippen molar-refractivity contribution in [1.82, 2.24) is 5.32 Å². The molecule has 6 heteroatoms. The molecule has 0 rings (SSSR count). The molecule has 0 aromatic heterocycles. The number of rotatable bonds is 9. The van der Waals surface area contributed by atoms with Crippen molar-refractivity contribution in [3.05, 3.63) is 0 Å². The monoisotopic (exact) mass is 254 g/mol. The first-order chi connectivity index (χ1) is 8.47. The maximum atomic E-state index is 11.4. The second-order valence-corrected chi connectivity index (χ2v) is 3.87. The van der Waals surface area contributed by atoms with Crippen LogP contribution in [0.15, 0.2) is 0 Å². The normalized spacial score (nSPS) is 11.3. The molecular weight excluding hydrogens is 236 g/mol. The van der Waals surface area contributed by atoms with Crippen LogP contribution in [0, 0.1) is 12.3 Å². The second-order valence-electron chi connectivity index (χ2n) is 3.87. The first-order valence-corrected chi connectivity index (χ1v) is 5.71.